The molecular weight excluding hydrogens is 331 g/mol. The second kappa shape index (κ2) is 5.99. The average Bonchev–Trinajstić information content (AvgIpc) is 3.27. The van der Waals surface area contributed by atoms with Gasteiger partial charge in [0.05, 0.1) is 11.0 Å². The largest absolute Gasteiger partial charge is 0.416 e. The number of rotatable bonds is 3. The van der Waals surface area contributed by atoms with Crippen molar-refractivity contribution in [2.75, 3.05) is 6.54 Å². The fraction of sp³-hybridized carbons (Fsp3) is 0.611. The van der Waals surface area contributed by atoms with Crippen LogP contribution in [0.15, 0.2) is 24.3 Å². The SMILES string of the molecule is O=C(NC1CCC2NNCC2C1)C1(c2cccc(C(F)(F)F)c2)CC1. The second-order valence-corrected chi connectivity index (χ2v) is 7.54. The molecule has 1 amide bonds. The summed E-state index contributed by atoms with van der Waals surface area (Å²) >= 11 is 0. The molecule has 0 radical (unpaired) electrons. The van der Waals surface area contributed by atoms with Gasteiger partial charge in [-0.15, -0.1) is 0 Å². The number of carbonyl (C=O) groups excluding carboxylic acids is 1. The molecule has 0 spiro atoms. The third kappa shape index (κ3) is 3.15. The van der Waals surface area contributed by atoms with E-state index in [1.807, 2.05) is 0 Å². The predicted octanol–water partition coefficient (Wildman–Crippen LogP) is 2.50. The van der Waals surface area contributed by atoms with Crippen LogP contribution in [0.3, 0.4) is 0 Å². The molecule has 2 saturated carbocycles. The molecule has 0 bridgehead atoms. The molecule has 3 fully saturated rings. The van der Waals surface area contributed by atoms with Crippen molar-refractivity contribution >= 4 is 5.91 Å². The molecule has 4 rings (SSSR count). The predicted molar refractivity (Wildman–Crippen MR) is 86.6 cm³/mol. The third-order valence-electron chi connectivity index (χ3n) is 5.90. The second-order valence-electron chi connectivity index (χ2n) is 7.54. The minimum Gasteiger partial charge on any atom is -0.353 e. The monoisotopic (exact) mass is 353 g/mol. The summed E-state index contributed by atoms with van der Waals surface area (Å²) in [4.78, 5) is 12.8. The zero-order chi connectivity index (χ0) is 17.7. The maximum absolute atomic E-state index is 13.0. The van der Waals surface area contributed by atoms with Gasteiger partial charge in [-0.1, -0.05) is 18.2 Å². The lowest BCUT2D eigenvalue weighted by atomic mass is 9.82. The Labute approximate surface area is 144 Å². The van der Waals surface area contributed by atoms with Crippen molar-refractivity contribution in [1.29, 1.82) is 0 Å². The summed E-state index contributed by atoms with van der Waals surface area (Å²) < 4.78 is 38.9. The van der Waals surface area contributed by atoms with Gasteiger partial charge in [0.1, 0.15) is 0 Å². The quantitative estimate of drug-likeness (QED) is 0.783. The van der Waals surface area contributed by atoms with E-state index >= 15 is 0 Å². The molecule has 2 aliphatic carbocycles. The molecule has 1 aromatic carbocycles. The van der Waals surface area contributed by atoms with E-state index in [0.29, 0.717) is 30.4 Å². The van der Waals surface area contributed by atoms with Crippen molar-refractivity contribution in [2.24, 2.45) is 5.92 Å². The number of amides is 1. The van der Waals surface area contributed by atoms with E-state index in [9.17, 15) is 18.0 Å². The van der Waals surface area contributed by atoms with Gasteiger partial charge in [-0.2, -0.15) is 13.2 Å². The molecule has 1 aliphatic heterocycles. The highest BCUT2D eigenvalue weighted by molar-refractivity contribution is 5.91. The van der Waals surface area contributed by atoms with Gasteiger partial charge in [0.15, 0.2) is 0 Å². The summed E-state index contributed by atoms with van der Waals surface area (Å²) in [7, 11) is 0. The van der Waals surface area contributed by atoms with Crippen LogP contribution in [0.4, 0.5) is 13.2 Å². The normalized spacial score (nSPS) is 30.6. The molecule has 136 valence electrons. The Balaban J connectivity index is 1.47. The van der Waals surface area contributed by atoms with Crippen molar-refractivity contribution in [3.8, 4) is 0 Å². The molecule has 3 unspecified atom stereocenters. The number of hydrogen-bond acceptors (Lipinski definition) is 3. The Morgan fingerprint density at radius 2 is 2.04 bits per heavy atom. The van der Waals surface area contributed by atoms with Crippen molar-refractivity contribution < 1.29 is 18.0 Å². The molecule has 1 aromatic rings. The number of halogens is 3. The number of nitrogens with one attached hydrogen (secondary N) is 3. The Kier molecular flexibility index (Phi) is 4.03. The van der Waals surface area contributed by atoms with Crippen LogP contribution in [-0.2, 0) is 16.4 Å². The van der Waals surface area contributed by atoms with Crippen LogP contribution in [0, 0.1) is 5.92 Å². The molecule has 25 heavy (non-hydrogen) atoms. The van der Waals surface area contributed by atoms with E-state index in [1.54, 1.807) is 6.07 Å². The van der Waals surface area contributed by atoms with E-state index in [2.05, 4.69) is 16.2 Å². The first kappa shape index (κ1) is 16.8. The van der Waals surface area contributed by atoms with Crippen molar-refractivity contribution in [3.63, 3.8) is 0 Å². The van der Waals surface area contributed by atoms with Crippen molar-refractivity contribution in [3.05, 3.63) is 35.4 Å². The van der Waals surface area contributed by atoms with Crippen LogP contribution >= 0.6 is 0 Å². The fourth-order valence-electron chi connectivity index (χ4n) is 4.22. The summed E-state index contributed by atoms with van der Waals surface area (Å²) in [6.07, 6.45) is -0.345. The highest BCUT2D eigenvalue weighted by Crippen LogP contribution is 2.49. The molecule has 1 saturated heterocycles. The Bertz CT molecular complexity index is 672. The van der Waals surface area contributed by atoms with Crippen LogP contribution in [0.1, 0.15) is 43.2 Å². The zero-order valence-corrected chi connectivity index (χ0v) is 13.8. The van der Waals surface area contributed by atoms with E-state index < -0.39 is 17.2 Å². The van der Waals surface area contributed by atoms with E-state index in [0.717, 1.165) is 37.9 Å². The van der Waals surface area contributed by atoms with Gasteiger partial charge in [0.25, 0.3) is 0 Å². The molecule has 3 atom stereocenters. The van der Waals surface area contributed by atoms with Gasteiger partial charge in [0.2, 0.25) is 5.91 Å². The number of alkyl halides is 3. The maximum Gasteiger partial charge on any atom is 0.416 e. The van der Waals surface area contributed by atoms with Crippen LogP contribution in [0.25, 0.3) is 0 Å². The summed E-state index contributed by atoms with van der Waals surface area (Å²) in [5.74, 6) is 0.386. The number of hydrazine groups is 1. The lowest BCUT2D eigenvalue weighted by molar-refractivity contribution is -0.137. The standard InChI is InChI=1S/C18H22F3N3O/c19-18(20,21)13-3-1-2-12(9-13)17(6-7-17)16(25)23-14-4-5-15-11(8-14)10-22-24-15/h1-3,9,11,14-15,22,24H,4-8,10H2,(H,23,25). The Hall–Kier alpha value is -1.60. The van der Waals surface area contributed by atoms with Gasteiger partial charge in [0, 0.05) is 18.6 Å². The summed E-state index contributed by atoms with van der Waals surface area (Å²) in [6.45, 7) is 0.899. The number of hydrogen-bond donors (Lipinski definition) is 3. The number of fused-ring (bicyclic) bond motifs is 1. The first-order valence-electron chi connectivity index (χ1n) is 8.86. The van der Waals surface area contributed by atoms with Crippen LogP contribution in [0.2, 0.25) is 0 Å². The molecule has 4 nitrogen and oxygen atoms in total. The first-order chi connectivity index (χ1) is 11.9. The lowest BCUT2D eigenvalue weighted by Gasteiger charge is -2.32. The number of carbonyl (C=O) groups is 1. The van der Waals surface area contributed by atoms with Crippen molar-refractivity contribution in [2.45, 2.75) is 55.8 Å². The van der Waals surface area contributed by atoms with Crippen LogP contribution in [0.5, 0.6) is 0 Å². The first-order valence-corrected chi connectivity index (χ1v) is 8.86. The fourth-order valence-corrected chi connectivity index (χ4v) is 4.22. The molecular formula is C18H22F3N3O. The van der Waals surface area contributed by atoms with Gasteiger partial charge in [-0.3, -0.25) is 15.6 Å². The van der Waals surface area contributed by atoms with E-state index in [1.165, 1.54) is 6.07 Å². The highest BCUT2D eigenvalue weighted by Gasteiger charge is 2.52. The minimum absolute atomic E-state index is 0.110. The lowest BCUT2D eigenvalue weighted by Crippen LogP contribution is -2.47. The zero-order valence-electron chi connectivity index (χ0n) is 13.8. The van der Waals surface area contributed by atoms with Gasteiger partial charge < -0.3 is 5.32 Å². The topological polar surface area (TPSA) is 53.2 Å². The Morgan fingerprint density at radius 3 is 2.76 bits per heavy atom. The van der Waals surface area contributed by atoms with Crippen LogP contribution < -0.4 is 16.2 Å². The number of benzene rings is 1. The van der Waals surface area contributed by atoms with Crippen molar-refractivity contribution in [1.82, 2.24) is 16.2 Å². The maximum atomic E-state index is 13.0. The molecule has 7 heteroatoms. The van der Waals surface area contributed by atoms with Gasteiger partial charge in [-0.25, -0.2) is 0 Å². The molecule has 0 aromatic heterocycles. The summed E-state index contributed by atoms with van der Waals surface area (Å²) in [6, 6.07) is 5.80. The van der Waals surface area contributed by atoms with E-state index in [-0.39, 0.29) is 11.9 Å². The summed E-state index contributed by atoms with van der Waals surface area (Å²) in [5.41, 5.74) is 5.43. The van der Waals surface area contributed by atoms with Gasteiger partial charge >= 0.3 is 6.18 Å². The molecule has 3 aliphatic rings. The average molecular weight is 353 g/mol. The smallest absolute Gasteiger partial charge is 0.353 e. The van der Waals surface area contributed by atoms with Crippen LogP contribution in [-0.4, -0.2) is 24.5 Å². The molecule has 1 heterocycles. The minimum atomic E-state index is -4.39. The Morgan fingerprint density at radius 1 is 1.24 bits per heavy atom. The third-order valence-corrected chi connectivity index (χ3v) is 5.90. The molecule has 3 N–H and O–H groups in total. The highest BCUT2D eigenvalue weighted by atomic mass is 19.4. The summed E-state index contributed by atoms with van der Waals surface area (Å²) in [5, 5.41) is 3.12. The van der Waals surface area contributed by atoms with E-state index in [4.69, 9.17) is 0 Å². The van der Waals surface area contributed by atoms with Gasteiger partial charge in [-0.05, 0) is 49.7 Å².